The van der Waals surface area contributed by atoms with E-state index in [9.17, 15) is 17.6 Å². The third kappa shape index (κ3) is 4.85. The Morgan fingerprint density at radius 1 is 0.903 bits per heavy atom. The summed E-state index contributed by atoms with van der Waals surface area (Å²) in [6.07, 6.45) is 0.570. The molecule has 2 aromatic carbocycles. The summed E-state index contributed by atoms with van der Waals surface area (Å²) in [6, 6.07) is 8.98. The van der Waals surface area contributed by atoms with Crippen LogP contribution in [-0.4, -0.2) is 26.5 Å². The number of anilines is 1. The van der Waals surface area contributed by atoms with Crippen molar-refractivity contribution in [2.24, 2.45) is 0 Å². The molecule has 4 rings (SSSR count). The minimum Gasteiger partial charge on any atom is -0.454 e. The van der Waals surface area contributed by atoms with Gasteiger partial charge in [0.2, 0.25) is 0 Å². The fourth-order valence-electron chi connectivity index (χ4n) is 2.86. The molecule has 0 aliphatic heterocycles. The second-order valence-corrected chi connectivity index (χ2v) is 6.52. The van der Waals surface area contributed by atoms with Crippen LogP contribution in [0.4, 0.5) is 23.4 Å². The fraction of sp³-hybridized carbons (Fsp3) is 0.143. The highest BCUT2D eigenvalue weighted by molar-refractivity contribution is 5.81. The van der Waals surface area contributed by atoms with E-state index in [1.165, 1.54) is 6.33 Å². The number of benzene rings is 2. The predicted molar refractivity (Wildman–Crippen MR) is 105 cm³/mol. The zero-order valence-corrected chi connectivity index (χ0v) is 15.9. The van der Waals surface area contributed by atoms with Crippen LogP contribution >= 0.6 is 0 Å². The molecule has 0 fully saturated rings. The summed E-state index contributed by atoms with van der Waals surface area (Å²) in [4.78, 5) is 16.6. The van der Waals surface area contributed by atoms with Gasteiger partial charge < -0.3 is 10.1 Å². The maximum Gasteiger partial charge on any atom is 0.416 e. The van der Waals surface area contributed by atoms with Gasteiger partial charge in [-0.05, 0) is 42.3 Å². The fourth-order valence-corrected chi connectivity index (χ4v) is 2.86. The molecule has 2 heterocycles. The Morgan fingerprint density at radius 2 is 1.68 bits per heavy atom. The van der Waals surface area contributed by atoms with E-state index in [4.69, 9.17) is 4.74 Å². The molecule has 1 N–H and O–H groups in total. The molecule has 0 radical (unpaired) electrons. The van der Waals surface area contributed by atoms with Crippen molar-refractivity contribution in [2.45, 2.75) is 12.6 Å². The van der Waals surface area contributed by atoms with E-state index in [0.717, 1.165) is 17.7 Å². The summed E-state index contributed by atoms with van der Waals surface area (Å²) < 4.78 is 57.2. The van der Waals surface area contributed by atoms with E-state index in [2.05, 4.69) is 25.3 Å². The van der Waals surface area contributed by atoms with Gasteiger partial charge >= 0.3 is 6.18 Å². The standard InChI is InChI=1S/C21H15F4N5O/c22-16-11-14(21(23,24)25)3-6-17(16)31-15-4-1-13(2-5-15)7-8-27-19-18-20(30-12-29-19)28-10-9-26-18/h1-6,9-12H,7-8H2,(H,27,28,29,30). The van der Waals surface area contributed by atoms with Gasteiger partial charge in [0.25, 0.3) is 0 Å². The Balaban J connectivity index is 1.36. The van der Waals surface area contributed by atoms with Gasteiger partial charge in [0.15, 0.2) is 23.0 Å². The Bertz CT molecular complexity index is 1190. The molecule has 31 heavy (non-hydrogen) atoms. The average Bonchev–Trinajstić information content (AvgIpc) is 2.76. The van der Waals surface area contributed by atoms with E-state index in [1.807, 2.05) is 0 Å². The van der Waals surface area contributed by atoms with Crippen LogP contribution in [0.15, 0.2) is 61.2 Å². The number of hydrogen-bond donors (Lipinski definition) is 1. The van der Waals surface area contributed by atoms with Gasteiger partial charge in [-0.2, -0.15) is 13.2 Å². The second-order valence-electron chi connectivity index (χ2n) is 6.52. The molecule has 6 nitrogen and oxygen atoms in total. The van der Waals surface area contributed by atoms with E-state index in [0.29, 0.717) is 41.8 Å². The minimum atomic E-state index is -4.61. The molecule has 0 amide bonds. The molecule has 2 aromatic heterocycles. The highest BCUT2D eigenvalue weighted by atomic mass is 19.4. The summed E-state index contributed by atoms with van der Waals surface area (Å²) in [7, 11) is 0. The minimum absolute atomic E-state index is 0.279. The monoisotopic (exact) mass is 429 g/mol. The lowest BCUT2D eigenvalue weighted by molar-refractivity contribution is -0.137. The van der Waals surface area contributed by atoms with Crippen molar-refractivity contribution in [2.75, 3.05) is 11.9 Å². The van der Waals surface area contributed by atoms with Gasteiger partial charge in [-0.3, -0.25) is 0 Å². The highest BCUT2D eigenvalue weighted by Gasteiger charge is 2.31. The normalized spacial score (nSPS) is 11.5. The Labute approximate surface area is 174 Å². The summed E-state index contributed by atoms with van der Waals surface area (Å²) in [5, 5.41) is 3.19. The van der Waals surface area contributed by atoms with Crippen LogP contribution in [0.2, 0.25) is 0 Å². The number of rotatable bonds is 6. The van der Waals surface area contributed by atoms with Crippen molar-refractivity contribution in [3.8, 4) is 11.5 Å². The van der Waals surface area contributed by atoms with Crippen molar-refractivity contribution >= 4 is 17.0 Å². The van der Waals surface area contributed by atoms with E-state index in [1.54, 1.807) is 36.7 Å². The lowest BCUT2D eigenvalue weighted by Crippen LogP contribution is -2.08. The number of fused-ring (bicyclic) bond motifs is 1. The van der Waals surface area contributed by atoms with Gasteiger partial charge in [0.05, 0.1) is 5.56 Å². The lowest BCUT2D eigenvalue weighted by Gasteiger charge is -2.11. The molecule has 158 valence electrons. The number of nitrogens with one attached hydrogen (secondary N) is 1. The first-order valence-corrected chi connectivity index (χ1v) is 9.19. The molecule has 0 aliphatic carbocycles. The van der Waals surface area contributed by atoms with Crippen molar-refractivity contribution in [3.05, 3.63) is 78.1 Å². The highest BCUT2D eigenvalue weighted by Crippen LogP contribution is 2.33. The Hall–Kier alpha value is -3.82. The Morgan fingerprint density at radius 3 is 2.42 bits per heavy atom. The summed E-state index contributed by atoms with van der Waals surface area (Å²) in [6.45, 7) is 0.566. The van der Waals surface area contributed by atoms with E-state index in [-0.39, 0.29) is 5.75 Å². The second kappa shape index (κ2) is 8.50. The van der Waals surface area contributed by atoms with Crippen LogP contribution in [0.1, 0.15) is 11.1 Å². The lowest BCUT2D eigenvalue weighted by atomic mass is 10.1. The molecule has 0 saturated heterocycles. The van der Waals surface area contributed by atoms with Crippen LogP contribution in [0.3, 0.4) is 0 Å². The Kier molecular flexibility index (Phi) is 5.61. The van der Waals surface area contributed by atoms with Crippen LogP contribution in [0, 0.1) is 5.82 Å². The van der Waals surface area contributed by atoms with Gasteiger partial charge in [-0.1, -0.05) is 12.1 Å². The van der Waals surface area contributed by atoms with E-state index < -0.39 is 17.6 Å². The zero-order valence-electron chi connectivity index (χ0n) is 15.9. The number of ether oxygens (including phenoxy) is 1. The predicted octanol–water partition coefficient (Wildman–Crippen LogP) is 5.02. The van der Waals surface area contributed by atoms with Crippen molar-refractivity contribution in [3.63, 3.8) is 0 Å². The SMILES string of the molecule is Fc1cc(C(F)(F)F)ccc1Oc1ccc(CCNc2ncnc3nccnc23)cc1. The molecule has 0 bridgehead atoms. The zero-order chi connectivity index (χ0) is 21.8. The molecule has 0 spiro atoms. The summed E-state index contributed by atoms with van der Waals surface area (Å²) in [5.41, 5.74) is 0.976. The maximum atomic E-state index is 13.9. The van der Waals surface area contributed by atoms with Crippen molar-refractivity contribution in [1.29, 1.82) is 0 Å². The molecule has 0 atom stereocenters. The first-order valence-electron chi connectivity index (χ1n) is 9.19. The maximum absolute atomic E-state index is 13.9. The molecule has 4 aromatic rings. The summed E-state index contributed by atoms with van der Waals surface area (Å²) in [5.74, 6) is -0.467. The van der Waals surface area contributed by atoms with Gasteiger partial charge in [0, 0.05) is 18.9 Å². The van der Waals surface area contributed by atoms with Crippen molar-refractivity contribution in [1.82, 2.24) is 19.9 Å². The van der Waals surface area contributed by atoms with Gasteiger partial charge in [0.1, 0.15) is 17.6 Å². The van der Waals surface area contributed by atoms with Crippen LogP contribution in [-0.2, 0) is 12.6 Å². The van der Waals surface area contributed by atoms with E-state index >= 15 is 0 Å². The first kappa shape index (κ1) is 20.5. The quantitative estimate of drug-likeness (QED) is 0.434. The third-order valence-corrected chi connectivity index (χ3v) is 4.39. The number of alkyl halides is 3. The summed E-state index contributed by atoms with van der Waals surface area (Å²) >= 11 is 0. The molecule has 10 heteroatoms. The van der Waals surface area contributed by atoms with Gasteiger partial charge in [-0.15, -0.1) is 0 Å². The third-order valence-electron chi connectivity index (χ3n) is 4.39. The number of hydrogen-bond acceptors (Lipinski definition) is 6. The van der Waals surface area contributed by atoms with Crippen LogP contribution < -0.4 is 10.1 Å². The molecular weight excluding hydrogens is 414 g/mol. The molecular formula is C21H15F4N5O. The van der Waals surface area contributed by atoms with Gasteiger partial charge in [-0.25, -0.2) is 24.3 Å². The molecule has 0 unspecified atom stereocenters. The first-order chi connectivity index (χ1) is 14.9. The topological polar surface area (TPSA) is 72.8 Å². The number of halogens is 4. The number of nitrogens with zero attached hydrogens (tertiary/aromatic N) is 4. The van der Waals surface area contributed by atoms with Crippen LogP contribution in [0.25, 0.3) is 11.2 Å². The molecule has 0 aliphatic rings. The average molecular weight is 429 g/mol. The number of aromatic nitrogens is 4. The smallest absolute Gasteiger partial charge is 0.416 e. The largest absolute Gasteiger partial charge is 0.454 e. The van der Waals surface area contributed by atoms with Crippen molar-refractivity contribution < 1.29 is 22.3 Å². The molecule has 0 saturated carbocycles. The van der Waals surface area contributed by atoms with Crippen LogP contribution in [0.5, 0.6) is 11.5 Å².